The molecule has 1 unspecified atom stereocenters. The van der Waals surface area contributed by atoms with Crippen molar-refractivity contribution in [2.24, 2.45) is 17.6 Å². The smallest absolute Gasteiger partial charge is 0.265 e. The number of fused-ring (bicyclic) bond motifs is 1. The van der Waals surface area contributed by atoms with Crippen molar-refractivity contribution >= 4 is 28.6 Å². The van der Waals surface area contributed by atoms with Gasteiger partial charge in [-0.3, -0.25) is 4.79 Å². The summed E-state index contributed by atoms with van der Waals surface area (Å²) in [5, 5.41) is 3.52. The van der Waals surface area contributed by atoms with Gasteiger partial charge in [0, 0.05) is 53.7 Å². The molecule has 0 spiro atoms. The third-order valence-electron chi connectivity index (χ3n) is 6.95. The number of carbonyl (C=O) groups excluding carboxylic acids is 1. The summed E-state index contributed by atoms with van der Waals surface area (Å²) < 4.78 is 19.8. The van der Waals surface area contributed by atoms with Crippen LogP contribution in [0.3, 0.4) is 0 Å². The van der Waals surface area contributed by atoms with Crippen LogP contribution in [0.2, 0.25) is 0 Å². The Balaban J connectivity index is 1.16. The quantitative estimate of drug-likeness (QED) is 0.368. The SMILES string of the molecule is Cc1nc(-c2nccs2)sc1C(=O)N1C[C@@H]2C(Oc3cc(C(C)(C)N)cc(-c4ccc(F)cc4)n3)[C@@H]2C1. The van der Waals surface area contributed by atoms with E-state index < -0.39 is 5.54 Å². The van der Waals surface area contributed by atoms with Gasteiger partial charge < -0.3 is 15.4 Å². The molecule has 0 radical (unpaired) electrons. The van der Waals surface area contributed by atoms with Crippen molar-refractivity contribution in [3.05, 3.63) is 69.9 Å². The summed E-state index contributed by atoms with van der Waals surface area (Å²) in [6, 6.07) is 10.0. The zero-order valence-corrected chi connectivity index (χ0v) is 22.3. The molecule has 3 aromatic heterocycles. The Hall–Kier alpha value is -3.21. The summed E-state index contributed by atoms with van der Waals surface area (Å²) in [6.07, 6.45) is 1.75. The zero-order chi connectivity index (χ0) is 25.9. The van der Waals surface area contributed by atoms with E-state index in [2.05, 4.69) is 9.97 Å². The van der Waals surface area contributed by atoms with Gasteiger partial charge in [0.05, 0.1) is 11.4 Å². The maximum Gasteiger partial charge on any atom is 0.265 e. The number of hydrogen-bond donors (Lipinski definition) is 1. The highest BCUT2D eigenvalue weighted by Gasteiger charge is 2.59. The maximum atomic E-state index is 13.4. The third-order valence-corrected chi connectivity index (χ3v) is 9.01. The molecule has 2 aliphatic rings. The van der Waals surface area contributed by atoms with E-state index in [0.29, 0.717) is 29.5 Å². The number of rotatable bonds is 6. The van der Waals surface area contributed by atoms with Crippen molar-refractivity contribution in [1.82, 2.24) is 19.9 Å². The van der Waals surface area contributed by atoms with E-state index in [9.17, 15) is 9.18 Å². The second-order valence-electron chi connectivity index (χ2n) is 10.2. The second kappa shape index (κ2) is 8.97. The predicted octanol–water partition coefficient (Wildman–Crippen LogP) is 5.12. The molecule has 37 heavy (non-hydrogen) atoms. The number of pyridine rings is 1. The first-order valence-corrected chi connectivity index (χ1v) is 13.8. The molecule has 1 aliphatic heterocycles. The van der Waals surface area contributed by atoms with Crippen molar-refractivity contribution in [3.63, 3.8) is 0 Å². The molecular formula is C27H26FN5O2S2. The van der Waals surface area contributed by atoms with Crippen molar-refractivity contribution in [3.8, 4) is 27.2 Å². The number of thiazole rings is 2. The summed E-state index contributed by atoms with van der Waals surface area (Å²) >= 11 is 2.92. The molecule has 10 heteroatoms. The molecular weight excluding hydrogens is 509 g/mol. The molecule has 3 atom stereocenters. The van der Waals surface area contributed by atoms with Gasteiger partial charge in [-0.15, -0.1) is 22.7 Å². The molecule has 4 heterocycles. The number of benzene rings is 1. The van der Waals surface area contributed by atoms with Crippen LogP contribution >= 0.6 is 22.7 Å². The first kappa shape index (κ1) is 24.1. The molecule has 4 aromatic rings. The molecule has 7 nitrogen and oxygen atoms in total. The van der Waals surface area contributed by atoms with E-state index >= 15 is 0 Å². The fraction of sp³-hybridized carbons (Fsp3) is 0.333. The predicted molar refractivity (Wildman–Crippen MR) is 142 cm³/mol. The molecule has 0 bridgehead atoms. The Morgan fingerprint density at radius 1 is 1.14 bits per heavy atom. The maximum absolute atomic E-state index is 13.4. The first-order chi connectivity index (χ1) is 17.7. The van der Waals surface area contributed by atoms with Gasteiger partial charge in [-0.1, -0.05) is 0 Å². The van der Waals surface area contributed by atoms with Crippen LogP contribution < -0.4 is 10.5 Å². The fourth-order valence-corrected chi connectivity index (χ4v) is 6.53. The molecule has 6 rings (SSSR count). The molecule has 1 aliphatic carbocycles. The van der Waals surface area contributed by atoms with Crippen LogP contribution in [0.15, 0.2) is 48.0 Å². The van der Waals surface area contributed by atoms with E-state index in [1.165, 1.54) is 34.8 Å². The molecule has 1 saturated heterocycles. The fourth-order valence-electron chi connectivity index (χ4n) is 4.82. The minimum Gasteiger partial charge on any atom is -0.474 e. The van der Waals surface area contributed by atoms with Crippen molar-refractivity contribution in [1.29, 1.82) is 0 Å². The van der Waals surface area contributed by atoms with Crippen molar-refractivity contribution in [2.45, 2.75) is 32.4 Å². The first-order valence-electron chi connectivity index (χ1n) is 12.1. The van der Waals surface area contributed by atoms with E-state index in [1.807, 2.05) is 43.2 Å². The lowest BCUT2D eigenvalue weighted by Gasteiger charge is -2.22. The van der Waals surface area contributed by atoms with E-state index in [-0.39, 0.29) is 29.7 Å². The van der Waals surface area contributed by atoms with Gasteiger partial charge in [-0.2, -0.15) is 0 Å². The minimum atomic E-state index is -0.595. The van der Waals surface area contributed by atoms with Gasteiger partial charge in [0.25, 0.3) is 5.91 Å². The van der Waals surface area contributed by atoms with Crippen LogP contribution in [0.4, 0.5) is 4.39 Å². The Morgan fingerprint density at radius 2 is 1.86 bits per heavy atom. The highest BCUT2D eigenvalue weighted by molar-refractivity contribution is 7.21. The van der Waals surface area contributed by atoms with Gasteiger partial charge in [0.15, 0.2) is 10.0 Å². The number of aryl methyl sites for hydroxylation is 1. The summed E-state index contributed by atoms with van der Waals surface area (Å²) in [4.78, 5) is 29.4. The average Bonchev–Trinajstić information content (AvgIpc) is 3.36. The van der Waals surface area contributed by atoms with Crippen molar-refractivity contribution < 1.29 is 13.9 Å². The number of halogens is 1. The average molecular weight is 536 g/mol. The Morgan fingerprint density at radius 3 is 2.51 bits per heavy atom. The van der Waals surface area contributed by atoms with Crippen LogP contribution in [0.1, 0.15) is 34.8 Å². The lowest BCUT2D eigenvalue weighted by atomic mass is 9.95. The molecule has 1 saturated carbocycles. The summed E-state index contributed by atoms with van der Waals surface area (Å²) in [7, 11) is 0. The van der Waals surface area contributed by atoms with E-state index in [4.69, 9.17) is 15.5 Å². The number of amides is 1. The van der Waals surface area contributed by atoms with E-state index in [1.54, 1.807) is 18.3 Å². The zero-order valence-electron chi connectivity index (χ0n) is 20.6. The molecule has 1 amide bonds. The van der Waals surface area contributed by atoms with Gasteiger partial charge >= 0.3 is 0 Å². The Kier molecular flexibility index (Phi) is 5.85. The number of likely N-dealkylation sites (tertiary alicyclic amines) is 1. The monoisotopic (exact) mass is 535 g/mol. The van der Waals surface area contributed by atoms with Crippen LogP contribution in [0.5, 0.6) is 5.88 Å². The minimum absolute atomic E-state index is 0.00203. The summed E-state index contributed by atoms with van der Waals surface area (Å²) in [5.41, 5.74) is 8.90. The van der Waals surface area contributed by atoms with Crippen LogP contribution in [-0.4, -0.2) is 45.0 Å². The Bertz CT molecular complexity index is 1450. The topological polar surface area (TPSA) is 94.2 Å². The third kappa shape index (κ3) is 4.65. The number of carbonyl (C=O) groups is 1. The van der Waals surface area contributed by atoms with Crippen LogP contribution in [-0.2, 0) is 5.54 Å². The lowest BCUT2D eigenvalue weighted by Crippen LogP contribution is -2.33. The van der Waals surface area contributed by atoms with Gasteiger partial charge in [-0.05, 0) is 56.7 Å². The summed E-state index contributed by atoms with van der Waals surface area (Å²) in [6.45, 7) is 7.02. The van der Waals surface area contributed by atoms with Gasteiger partial charge in [0.1, 0.15) is 16.8 Å². The molecule has 190 valence electrons. The Labute approximate surface area is 222 Å². The highest BCUT2D eigenvalue weighted by atomic mass is 32.1. The highest BCUT2D eigenvalue weighted by Crippen LogP contribution is 2.48. The lowest BCUT2D eigenvalue weighted by molar-refractivity contribution is 0.0755. The standard InChI is InChI=1S/C27H26FN5O2S2/c1-14-23(37-25(31-14)24-30-8-9-36-24)26(34)33-12-18-19(13-33)22(18)35-21-11-16(27(2,3)29)10-20(32-21)15-4-6-17(28)7-5-15/h4-11,18-19,22H,12-13,29H2,1-3H3/t18-,19+,22?. The van der Waals surface area contributed by atoms with E-state index in [0.717, 1.165) is 26.8 Å². The van der Waals surface area contributed by atoms with Crippen molar-refractivity contribution in [2.75, 3.05) is 13.1 Å². The van der Waals surface area contributed by atoms with Gasteiger partial charge in [-0.25, -0.2) is 19.3 Å². The largest absolute Gasteiger partial charge is 0.474 e. The number of ether oxygens (including phenoxy) is 1. The molecule has 2 N–H and O–H groups in total. The molecule has 1 aromatic carbocycles. The molecule has 2 fully saturated rings. The summed E-state index contributed by atoms with van der Waals surface area (Å²) in [5.74, 6) is 0.752. The number of hydrogen-bond acceptors (Lipinski definition) is 8. The second-order valence-corrected chi connectivity index (χ2v) is 12.1. The normalized spacial score (nSPS) is 20.7. The number of nitrogens with two attached hydrogens (primary N) is 1. The van der Waals surface area contributed by atoms with Crippen LogP contribution in [0, 0.1) is 24.6 Å². The van der Waals surface area contributed by atoms with Gasteiger partial charge in [0.2, 0.25) is 5.88 Å². The number of piperidine rings is 1. The number of nitrogens with zero attached hydrogens (tertiary/aromatic N) is 4. The van der Waals surface area contributed by atoms with Crippen LogP contribution in [0.25, 0.3) is 21.3 Å². The number of aromatic nitrogens is 3.